The molecular formula is C24H24ClNO3. The fourth-order valence-corrected chi connectivity index (χ4v) is 2.87. The third-order valence-corrected chi connectivity index (χ3v) is 4.81. The summed E-state index contributed by atoms with van der Waals surface area (Å²) in [4.78, 5) is 16.8. The van der Waals surface area contributed by atoms with Gasteiger partial charge in [0.1, 0.15) is 11.5 Å². The third-order valence-electron chi connectivity index (χ3n) is 4.48. The molecule has 0 unspecified atom stereocenters. The molecule has 0 bridgehead atoms. The van der Waals surface area contributed by atoms with Crippen molar-refractivity contribution < 1.29 is 13.9 Å². The lowest BCUT2D eigenvalue weighted by atomic mass is 10.1. The summed E-state index contributed by atoms with van der Waals surface area (Å²) < 4.78 is 11.2. The number of benzene rings is 2. The Morgan fingerprint density at radius 2 is 1.90 bits per heavy atom. The van der Waals surface area contributed by atoms with E-state index in [1.54, 1.807) is 18.3 Å². The highest BCUT2D eigenvalue weighted by atomic mass is 35.5. The molecule has 3 aromatic rings. The highest BCUT2D eigenvalue weighted by Crippen LogP contribution is 2.27. The molecule has 5 heteroatoms. The van der Waals surface area contributed by atoms with Crippen molar-refractivity contribution in [2.45, 2.75) is 27.7 Å². The largest absolute Gasteiger partial charge is 0.462 e. The lowest BCUT2D eigenvalue weighted by Gasteiger charge is -2.09. The monoisotopic (exact) mass is 409 g/mol. The maximum Gasteiger partial charge on any atom is 0.339 e. The van der Waals surface area contributed by atoms with E-state index >= 15 is 0 Å². The standard InChI is InChI=1S/C24H24ClNO3/c1-15(2)14-28-24(27)21-12-18(6-9-22(21)25)23-10-8-20(29-23)13-26-19-7-5-16(3)17(4)11-19/h5-13,15H,14H2,1-4H3. The number of hydrogen-bond acceptors (Lipinski definition) is 4. The summed E-state index contributed by atoms with van der Waals surface area (Å²) in [5.74, 6) is 1.07. The van der Waals surface area contributed by atoms with Gasteiger partial charge < -0.3 is 9.15 Å². The Morgan fingerprint density at radius 1 is 1.10 bits per heavy atom. The maximum atomic E-state index is 12.3. The summed E-state index contributed by atoms with van der Waals surface area (Å²) in [6.45, 7) is 8.44. The van der Waals surface area contributed by atoms with Gasteiger partial charge in [0.15, 0.2) is 0 Å². The van der Waals surface area contributed by atoms with E-state index in [0.717, 1.165) is 11.3 Å². The van der Waals surface area contributed by atoms with Gasteiger partial charge in [-0.15, -0.1) is 0 Å². The number of carbonyl (C=O) groups excluding carboxylic acids is 1. The average Bonchev–Trinajstić information content (AvgIpc) is 3.16. The molecule has 4 nitrogen and oxygen atoms in total. The maximum absolute atomic E-state index is 12.3. The number of carbonyl (C=O) groups is 1. The molecule has 1 heterocycles. The first-order valence-electron chi connectivity index (χ1n) is 9.51. The summed E-state index contributed by atoms with van der Waals surface area (Å²) in [5, 5.41) is 0.352. The van der Waals surface area contributed by atoms with Gasteiger partial charge in [0.2, 0.25) is 0 Å². The van der Waals surface area contributed by atoms with Crippen molar-refractivity contribution in [2.75, 3.05) is 6.61 Å². The molecule has 0 aliphatic heterocycles. The van der Waals surface area contributed by atoms with Gasteiger partial charge >= 0.3 is 5.97 Å². The van der Waals surface area contributed by atoms with Crippen LogP contribution in [0.4, 0.5) is 5.69 Å². The molecule has 0 spiro atoms. The number of esters is 1. The summed E-state index contributed by atoms with van der Waals surface area (Å²) in [6.07, 6.45) is 1.68. The summed E-state index contributed by atoms with van der Waals surface area (Å²) in [5.41, 5.74) is 4.36. The first-order valence-corrected chi connectivity index (χ1v) is 9.89. The van der Waals surface area contributed by atoms with E-state index < -0.39 is 5.97 Å². The number of aliphatic imine (C=N–C) groups is 1. The Balaban J connectivity index is 1.79. The van der Waals surface area contributed by atoms with Crippen LogP contribution < -0.4 is 0 Å². The zero-order valence-electron chi connectivity index (χ0n) is 17.0. The Bertz CT molecular complexity index is 1050. The molecule has 0 aliphatic rings. The zero-order chi connectivity index (χ0) is 21.0. The minimum atomic E-state index is -0.436. The van der Waals surface area contributed by atoms with E-state index in [2.05, 4.69) is 18.8 Å². The van der Waals surface area contributed by atoms with Crippen LogP contribution in [0.5, 0.6) is 0 Å². The number of ether oxygens (including phenoxy) is 1. The number of aryl methyl sites for hydroxylation is 2. The molecule has 0 N–H and O–H groups in total. The van der Waals surface area contributed by atoms with Gasteiger partial charge in [-0.05, 0) is 73.4 Å². The van der Waals surface area contributed by atoms with Crippen molar-refractivity contribution in [1.29, 1.82) is 0 Å². The van der Waals surface area contributed by atoms with Crippen molar-refractivity contribution >= 4 is 29.5 Å². The van der Waals surface area contributed by atoms with Crippen molar-refractivity contribution in [2.24, 2.45) is 10.9 Å². The molecular weight excluding hydrogens is 386 g/mol. The van der Waals surface area contributed by atoms with Gasteiger partial charge in [-0.25, -0.2) is 4.79 Å². The molecule has 0 amide bonds. The zero-order valence-corrected chi connectivity index (χ0v) is 17.8. The fourth-order valence-electron chi connectivity index (χ4n) is 2.68. The van der Waals surface area contributed by atoms with Gasteiger partial charge in [0.25, 0.3) is 0 Å². The predicted octanol–water partition coefficient (Wildman–Crippen LogP) is 6.78. The van der Waals surface area contributed by atoms with E-state index in [9.17, 15) is 4.79 Å². The van der Waals surface area contributed by atoms with Crippen LogP contribution in [-0.2, 0) is 4.74 Å². The normalized spacial score (nSPS) is 11.4. The number of rotatable bonds is 6. The van der Waals surface area contributed by atoms with Crippen molar-refractivity contribution in [3.8, 4) is 11.3 Å². The van der Waals surface area contributed by atoms with Gasteiger partial charge in [-0.2, -0.15) is 0 Å². The van der Waals surface area contributed by atoms with Crippen molar-refractivity contribution in [3.63, 3.8) is 0 Å². The summed E-state index contributed by atoms with van der Waals surface area (Å²) >= 11 is 6.19. The molecule has 0 saturated heterocycles. The molecule has 3 rings (SSSR count). The molecule has 2 aromatic carbocycles. The highest BCUT2D eigenvalue weighted by molar-refractivity contribution is 6.33. The number of nitrogens with zero attached hydrogens (tertiary/aromatic N) is 1. The predicted molar refractivity (Wildman–Crippen MR) is 117 cm³/mol. The van der Waals surface area contributed by atoms with Crippen LogP contribution in [0.15, 0.2) is 57.9 Å². The second kappa shape index (κ2) is 9.10. The third kappa shape index (κ3) is 5.36. The molecule has 0 radical (unpaired) electrons. The van der Waals surface area contributed by atoms with E-state index in [0.29, 0.717) is 28.7 Å². The SMILES string of the molecule is Cc1ccc(N=Cc2ccc(-c3ccc(Cl)c(C(=O)OCC(C)C)c3)o2)cc1C. The second-order valence-electron chi connectivity index (χ2n) is 7.42. The van der Waals surface area contributed by atoms with Crippen molar-refractivity contribution in [3.05, 3.63) is 76.0 Å². The molecule has 0 fully saturated rings. The molecule has 0 atom stereocenters. The Morgan fingerprint density at radius 3 is 2.62 bits per heavy atom. The van der Waals surface area contributed by atoms with Crippen LogP contribution >= 0.6 is 11.6 Å². The van der Waals surface area contributed by atoms with E-state index in [4.69, 9.17) is 20.8 Å². The fraction of sp³-hybridized carbons (Fsp3) is 0.250. The van der Waals surface area contributed by atoms with Crippen LogP contribution in [0.1, 0.15) is 41.1 Å². The topological polar surface area (TPSA) is 51.8 Å². The second-order valence-corrected chi connectivity index (χ2v) is 7.82. The van der Waals surface area contributed by atoms with Crippen molar-refractivity contribution in [1.82, 2.24) is 0 Å². The summed E-state index contributed by atoms with van der Waals surface area (Å²) in [6, 6.07) is 14.9. The summed E-state index contributed by atoms with van der Waals surface area (Å²) in [7, 11) is 0. The molecule has 1 aromatic heterocycles. The van der Waals surface area contributed by atoms with Crippen LogP contribution in [-0.4, -0.2) is 18.8 Å². The van der Waals surface area contributed by atoms with Crippen LogP contribution in [0, 0.1) is 19.8 Å². The van der Waals surface area contributed by atoms with E-state index in [1.807, 2.05) is 50.2 Å². The first-order chi connectivity index (χ1) is 13.8. The van der Waals surface area contributed by atoms with Crippen LogP contribution in [0.3, 0.4) is 0 Å². The molecule has 0 saturated carbocycles. The van der Waals surface area contributed by atoms with Crippen LogP contribution in [0.2, 0.25) is 5.02 Å². The minimum absolute atomic E-state index is 0.255. The Kier molecular flexibility index (Phi) is 6.55. The number of hydrogen-bond donors (Lipinski definition) is 0. The quantitative estimate of drug-likeness (QED) is 0.333. The Hall–Kier alpha value is -2.85. The van der Waals surface area contributed by atoms with Crippen LogP contribution in [0.25, 0.3) is 11.3 Å². The minimum Gasteiger partial charge on any atom is -0.462 e. The van der Waals surface area contributed by atoms with Gasteiger partial charge in [-0.1, -0.05) is 31.5 Å². The van der Waals surface area contributed by atoms with Gasteiger partial charge in [0, 0.05) is 5.56 Å². The number of halogens is 1. The first kappa shape index (κ1) is 20.9. The molecule has 0 aliphatic carbocycles. The average molecular weight is 410 g/mol. The Labute approximate surface area is 176 Å². The van der Waals surface area contributed by atoms with E-state index in [-0.39, 0.29) is 5.92 Å². The molecule has 29 heavy (non-hydrogen) atoms. The highest BCUT2D eigenvalue weighted by Gasteiger charge is 2.15. The van der Waals surface area contributed by atoms with Gasteiger partial charge in [0.05, 0.1) is 29.1 Å². The smallest absolute Gasteiger partial charge is 0.339 e. The van der Waals surface area contributed by atoms with E-state index in [1.165, 1.54) is 11.1 Å². The van der Waals surface area contributed by atoms with Gasteiger partial charge in [-0.3, -0.25) is 4.99 Å². The lowest BCUT2D eigenvalue weighted by Crippen LogP contribution is -2.10. The molecule has 150 valence electrons. The lowest BCUT2D eigenvalue weighted by molar-refractivity contribution is 0.0459. The number of furan rings is 1.